The highest BCUT2D eigenvalue weighted by molar-refractivity contribution is 6.99. The molecule has 0 amide bonds. The normalized spacial score (nSPS) is 14.9. The second-order valence-electron chi connectivity index (χ2n) is 9.31. The molecule has 3 heterocycles. The predicted molar refractivity (Wildman–Crippen MR) is 129 cm³/mol. The van der Waals surface area contributed by atoms with Gasteiger partial charge in [0.25, 0.3) is 0 Å². The molecule has 4 aromatic carbocycles. The van der Waals surface area contributed by atoms with E-state index in [1.165, 1.54) is 55.0 Å². The van der Waals surface area contributed by atoms with Crippen molar-refractivity contribution in [1.29, 1.82) is 5.26 Å². The maximum atomic E-state index is 9.86. The Morgan fingerprint density at radius 1 is 0.806 bits per heavy atom. The number of nitrogens with zero attached hydrogens (tertiary/aromatic N) is 2. The van der Waals surface area contributed by atoms with Crippen molar-refractivity contribution in [3.63, 3.8) is 0 Å². The van der Waals surface area contributed by atoms with Crippen LogP contribution >= 0.6 is 0 Å². The van der Waals surface area contributed by atoms with Crippen LogP contribution in [0.5, 0.6) is 0 Å². The number of benzene rings is 4. The fourth-order valence-corrected chi connectivity index (χ4v) is 6.20. The largest absolute Gasteiger partial charge is 0.310 e. The third-order valence-electron chi connectivity index (χ3n) is 7.47. The molecular formula is C28H19BN2. The van der Waals surface area contributed by atoms with Crippen LogP contribution in [0.15, 0.2) is 78.9 Å². The fourth-order valence-electron chi connectivity index (χ4n) is 6.20. The van der Waals surface area contributed by atoms with Crippen LogP contribution in [0, 0.1) is 11.3 Å². The van der Waals surface area contributed by atoms with Gasteiger partial charge in [0.15, 0.2) is 0 Å². The molecule has 144 valence electrons. The zero-order valence-electron chi connectivity index (χ0n) is 17.5. The number of rotatable bonds is 0. The smallest absolute Gasteiger partial charge is 0.247 e. The van der Waals surface area contributed by atoms with E-state index in [-0.39, 0.29) is 12.1 Å². The SMILES string of the molecule is CC1(C)c2ccccc2B2c3c(cccc31)-n1c3ccccc3c3cc(C#N)cc2c31. The van der Waals surface area contributed by atoms with E-state index >= 15 is 0 Å². The highest BCUT2D eigenvalue weighted by atomic mass is 15.0. The molecule has 5 aromatic rings. The van der Waals surface area contributed by atoms with E-state index in [1.807, 2.05) is 0 Å². The lowest BCUT2D eigenvalue weighted by molar-refractivity contribution is 0.645. The molecule has 31 heavy (non-hydrogen) atoms. The molecule has 0 bridgehead atoms. The van der Waals surface area contributed by atoms with Gasteiger partial charge in [-0.05, 0) is 46.3 Å². The monoisotopic (exact) mass is 394 g/mol. The van der Waals surface area contributed by atoms with Gasteiger partial charge in [-0.3, -0.25) is 0 Å². The maximum absolute atomic E-state index is 9.86. The third kappa shape index (κ3) is 1.89. The first-order valence-corrected chi connectivity index (χ1v) is 10.8. The van der Waals surface area contributed by atoms with Crippen LogP contribution in [0.25, 0.3) is 27.5 Å². The first kappa shape index (κ1) is 17.0. The standard InChI is InChI=1S/C28H19BN2/c1-28(2)20-9-4-5-11-22(20)29-23-15-17(16-30)14-19-18-8-3-6-12-24(18)31(27(19)23)25-13-7-10-21(28)26(25)29/h3-15H,1-2H3. The molecule has 0 unspecified atom stereocenters. The summed E-state index contributed by atoms with van der Waals surface area (Å²) in [5.41, 5.74) is 11.1. The molecule has 0 fully saturated rings. The van der Waals surface area contributed by atoms with Gasteiger partial charge >= 0.3 is 0 Å². The van der Waals surface area contributed by atoms with Gasteiger partial charge in [-0.2, -0.15) is 5.26 Å². The highest BCUT2D eigenvalue weighted by Crippen LogP contribution is 2.39. The van der Waals surface area contributed by atoms with Gasteiger partial charge < -0.3 is 4.57 Å². The van der Waals surface area contributed by atoms with Crippen molar-refractivity contribution in [1.82, 2.24) is 4.57 Å². The van der Waals surface area contributed by atoms with Crippen molar-refractivity contribution in [3.05, 3.63) is 95.6 Å². The quantitative estimate of drug-likeness (QED) is 0.356. The summed E-state index contributed by atoms with van der Waals surface area (Å²) in [6.07, 6.45) is 0. The zero-order valence-corrected chi connectivity index (χ0v) is 17.5. The van der Waals surface area contributed by atoms with E-state index < -0.39 is 0 Å². The Balaban J connectivity index is 1.78. The number of fused-ring (bicyclic) bond motifs is 7. The van der Waals surface area contributed by atoms with Crippen molar-refractivity contribution in [2.45, 2.75) is 19.3 Å². The van der Waals surface area contributed by atoms with Gasteiger partial charge in [-0.1, -0.05) is 73.9 Å². The number of hydrogen-bond donors (Lipinski definition) is 0. The molecule has 3 heteroatoms. The van der Waals surface area contributed by atoms with E-state index in [9.17, 15) is 5.26 Å². The van der Waals surface area contributed by atoms with Gasteiger partial charge in [0.05, 0.1) is 17.1 Å². The first-order valence-electron chi connectivity index (χ1n) is 10.8. The van der Waals surface area contributed by atoms with Crippen LogP contribution in [0.1, 0.15) is 30.5 Å². The maximum Gasteiger partial charge on any atom is 0.247 e. The number of hydrogen-bond acceptors (Lipinski definition) is 1. The van der Waals surface area contributed by atoms with E-state index in [0.29, 0.717) is 0 Å². The number of para-hydroxylation sites is 1. The van der Waals surface area contributed by atoms with Crippen LogP contribution in [0.4, 0.5) is 0 Å². The van der Waals surface area contributed by atoms with Crippen molar-refractivity contribution >= 4 is 44.9 Å². The lowest BCUT2D eigenvalue weighted by Gasteiger charge is -2.41. The molecule has 1 aromatic heterocycles. The van der Waals surface area contributed by atoms with Crippen LogP contribution < -0.4 is 16.4 Å². The summed E-state index contributed by atoms with van der Waals surface area (Å²) < 4.78 is 2.43. The van der Waals surface area contributed by atoms with Crippen molar-refractivity contribution < 1.29 is 0 Å². The lowest BCUT2D eigenvalue weighted by Crippen LogP contribution is -2.63. The summed E-state index contributed by atoms with van der Waals surface area (Å²) in [4.78, 5) is 0. The molecule has 0 N–H and O–H groups in total. The van der Waals surface area contributed by atoms with Crippen LogP contribution in [-0.2, 0) is 5.41 Å². The molecule has 0 spiro atoms. The predicted octanol–water partition coefficient (Wildman–Crippen LogP) is 4.12. The molecule has 0 aliphatic carbocycles. The lowest BCUT2D eigenvalue weighted by atomic mass is 9.30. The molecule has 0 saturated carbocycles. The average molecular weight is 394 g/mol. The molecule has 2 aliphatic heterocycles. The number of nitriles is 1. The molecule has 2 nitrogen and oxygen atoms in total. The first-order chi connectivity index (χ1) is 15.1. The van der Waals surface area contributed by atoms with Crippen molar-refractivity contribution in [2.24, 2.45) is 0 Å². The molecule has 7 rings (SSSR count). The van der Waals surface area contributed by atoms with Gasteiger partial charge in [0, 0.05) is 27.4 Å². The number of aromatic nitrogens is 1. The summed E-state index contributed by atoms with van der Waals surface area (Å²) in [6.45, 7) is 4.81. The minimum absolute atomic E-state index is 0.0785. The van der Waals surface area contributed by atoms with Crippen molar-refractivity contribution in [3.8, 4) is 11.8 Å². The van der Waals surface area contributed by atoms with Gasteiger partial charge in [-0.15, -0.1) is 0 Å². The summed E-state index contributed by atoms with van der Waals surface area (Å²) in [5.74, 6) is 0. The third-order valence-corrected chi connectivity index (χ3v) is 7.47. The minimum Gasteiger partial charge on any atom is -0.310 e. The van der Waals surface area contributed by atoms with E-state index in [2.05, 4.69) is 103 Å². The Hall–Kier alpha value is -3.77. The summed E-state index contributed by atoms with van der Waals surface area (Å²) in [6, 6.07) is 30.8. The molecule has 0 saturated heterocycles. The fraction of sp³-hybridized carbons (Fsp3) is 0.107. The van der Waals surface area contributed by atoms with Crippen LogP contribution in [0.2, 0.25) is 0 Å². The van der Waals surface area contributed by atoms with E-state index in [0.717, 1.165) is 5.56 Å². The molecule has 0 radical (unpaired) electrons. The summed E-state index contributed by atoms with van der Waals surface area (Å²) >= 11 is 0. The van der Waals surface area contributed by atoms with Crippen LogP contribution in [-0.4, -0.2) is 11.3 Å². The Bertz CT molecular complexity index is 1630. The Morgan fingerprint density at radius 2 is 1.58 bits per heavy atom. The average Bonchev–Trinajstić information content (AvgIpc) is 3.14. The second kappa shape index (κ2) is 5.48. The van der Waals surface area contributed by atoms with E-state index in [1.54, 1.807) is 0 Å². The molecule has 0 atom stereocenters. The summed E-state index contributed by atoms with van der Waals surface area (Å²) in [7, 11) is 0. The molecular weight excluding hydrogens is 375 g/mol. The van der Waals surface area contributed by atoms with Crippen molar-refractivity contribution in [2.75, 3.05) is 0 Å². The zero-order chi connectivity index (χ0) is 20.9. The van der Waals surface area contributed by atoms with E-state index in [4.69, 9.17) is 0 Å². The molecule has 2 aliphatic rings. The van der Waals surface area contributed by atoms with Gasteiger partial charge in [0.2, 0.25) is 6.71 Å². The van der Waals surface area contributed by atoms with Gasteiger partial charge in [0.1, 0.15) is 0 Å². The topological polar surface area (TPSA) is 28.7 Å². The Labute approximate surface area is 181 Å². The highest BCUT2D eigenvalue weighted by Gasteiger charge is 2.44. The summed E-state index contributed by atoms with van der Waals surface area (Å²) in [5, 5.41) is 12.2. The second-order valence-corrected chi connectivity index (χ2v) is 9.31. The minimum atomic E-state index is -0.0785. The van der Waals surface area contributed by atoms with Gasteiger partial charge in [-0.25, -0.2) is 0 Å². The Kier molecular flexibility index (Phi) is 3.00. The Morgan fingerprint density at radius 3 is 2.45 bits per heavy atom. The van der Waals surface area contributed by atoms with Crippen LogP contribution in [0.3, 0.4) is 0 Å².